The number of alkyl halides is 3. The van der Waals surface area contributed by atoms with Crippen LogP contribution in [0.5, 0.6) is 0 Å². The number of rotatable bonds is 2. The van der Waals surface area contributed by atoms with E-state index in [2.05, 4.69) is 10.1 Å². The second-order valence-electron chi connectivity index (χ2n) is 5.33. The Morgan fingerprint density at radius 2 is 2.14 bits per heavy atom. The summed E-state index contributed by atoms with van der Waals surface area (Å²) < 4.78 is 40.5. The lowest BCUT2D eigenvalue weighted by molar-refractivity contribution is -0.138. The number of H-pyrrole nitrogens is 1. The van der Waals surface area contributed by atoms with E-state index in [1.54, 1.807) is 6.07 Å². The van der Waals surface area contributed by atoms with E-state index in [-0.39, 0.29) is 12.2 Å². The van der Waals surface area contributed by atoms with Crippen molar-refractivity contribution in [1.29, 1.82) is 0 Å². The van der Waals surface area contributed by atoms with Crippen LogP contribution in [0.1, 0.15) is 23.4 Å². The highest BCUT2D eigenvalue weighted by molar-refractivity contribution is 5.59. The summed E-state index contributed by atoms with van der Waals surface area (Å²) in [7, 11) is 1.52. The van der Waals surface area contributed by atoms with Gasteiger partial charge in [0.1, 0.15) is 0 Å². The second-order valence-corrected chi connectivity index (χ2v) is 5.33. The van der Waals surface area contributed by atoms with Crippen molar-refractivity contribution in [2.75, 3.05) is 11.4 Å². The van der Waals surface area contributed by atoms with Crippen molar-refractivity contribution in [3.8, 4) is 0 Å². The maximum atomic E-state index is 13.1. The number of fused-ring (bicyclic) bond motifs is 1. The molecule has 0 bridgehead atoms. The van der Waals surface area contributed by atoms with Gasteiger partial charge in [0, 0.05) is 19.3 Å². The Morgan fingerprint density at radius 3 is 2.77 bits per heavy atom. The first-order valence-electron chi connectivity index (χ1n) is 6.92. The summed E-state index contributed by atoms with van der Waals surface area (Å²) in [6, 6.07) is 4.22. The summed E-state index contributed by atoms with van der Waals surface area (Å²) in [6.07, 6.45) is -3.31. The third kappa shape index (κ3) is 2.60. The summed E-state index contributed by atoms with van der Waals surface area (Å²) in [5, 5.41) is 4.03. The molecule has 0 saturated carbocycles. The Hall–Kier alpha value is -2.25. The van der Waals surface area contributed by atoms with Gasteiger partial charge in [-0.15, -0.1) is 0 Å². The van der Waals surface area contributed by atoms with Crippen LogP contribution < -0.4 is 10.6 Å². The molecule has 0 amide bonds. The second kappa shape index (κ2) is 5.19. The van der Waals surface area contributed by atoms with E-state index in [4.69, 9.17) is 0 Å². The van der Waals surface area contributed by atoms with E-state index in [1.807, 2.05) is 4.90 Å². The zero-order valence-corrected chi connectivity index (χ0v) is 11.9. The molecule has 0 aliphatic carbocycles. The summed E-state index contributed by atoms with van der Waals surface area (Å²) in [5.74, 6) is 0.442. The number of nitrogens with one attached hydrogen (secondary N) is 1. The number of hydrogen-bond donors (Lipinski definition) is 1. The monoisotopic (exact) mass is 312 g/mol. The molecule has 0 fully saturated rings. The molecule has 3 rings (SSSR count). The first-order valence-corrected chi connectivity index (χ1v) is 6.92. The minimum atomic E-state index is -4.35. The van der Waals surface area contributed by atoms with Crippen LogP contribution in [0.4, 0.5) is 18.9 Å². The maximum absolute atomic E-state index is 13.1. The quantitative estimate of drug-likeness (QED) is 0.924. The zero-order valence-electron chi connectivity index (χ0n) is 11.9. The zero-order chi connectivity index (χ0) is 15.9. The highest BCUT2D eigenvalue weighted by atomic mass is 19.4. The Bertz CT molecular complexity index is 747. The number of anilines is 1. The maximum Gasteiger partial charge on any atom is 0.416 e. The minimum absolute atomic E-state index is 0.282. The number of hydrogen-bond acceptors (Lipinski definition) is 3. The highest BCUT2D eigenvalue weighted by Crippen LogP contribution is 2.39. The minimum Gasteiger partial charge on any atom is -0.364 e. The van der Waals surface area contributed by atoms with Crippen molar-refractivity contribution in [1.82, 2.24) is 14.8 Å². The predicted molar refractivity (Wildman–Crippen MR) is 74.6 cm³/mol. The highest BCUT2D eigenvalue weighted by Gasteiger charge is 2.35. The van der Waals surface area contributed by atoms with Gasteiger partial charge in [-0.25, -0.2) is 9.48 Å². The van der Waals surface area contributed by atoms with E-state index in [0.29, 0.717) is 36.5 Å². The number of nitrogens with zero attached hydrogens (tertiary/aromatic N) is 3. The molecule has 0 spiro atoms. The summed E-state index contributed by atoms with van der Waals surface area (Å²) in [4.78, 5) is 15.8. The molecule has 22 heavy (non-hydrogen) atoms. The molecule has 1 aromatic carbocycles. The van der Waals surface area contributed by atoms with Crippen LogP contribution in [-0.2, 0) is 26.2 Å². The Morgan fingerprint density at radius 1 is 1.36 bits per heavy atom. The molecule has 0 atom stereocenters. The lowest BCUT2D eigenvalue weighted by atomic mass is 9.96. The molecule has 1 aliphatic rings. The molecule has 1 N–H and O–H groups in total. The van der Waals surface area contributed by atoms with Crippen LogP contribution in [0.3, 0.4) is 0 Å². The van der Waals surface area contributed by atoms with Crippen molar-refractivity contribution in [3.05, 3.63) is 45.6 Å². The molecule has 118 valence electrons. The number of aromatic nitrogens is 3. The van der Waals surface area contributed by atoms with Crippen LogP contribution in [0.15, 0.2) is 23.0 Å². The van der Waals surface area contributed by atoms with E-state index in [0.717, 1.165) is 6.07 Å². The Labute approximate surface area is 124 Å². The average Bonchev–Trinajstić information content (AvgIpc) is 2.76. The molecule has 5 nitrogen and oxygen atoms in total. The first kappa shape index (κ1) is 14.7. The lowest BCUT2D eigenvalue weighted by Crippen LogP contribution is -2.30. The van der Waals surface area contributed by atoms with E-state index in [1.165, 1.54) is 17.8 Å². The SMILES string of the molecule is Cn1nc(CN2CCCc3c2cccc3C(F)(F)F)[nH]c1=O. The lowest BCUT2D eigenvalue weighted by Gasteiger charge is -2.32. The van der Waals surface area contributed by atoms with Crippen LogP contribution in [0.2, 0.25) is 0 Å². The van der Waals surface area contributed by atoms with Crippen molar-refractivity contribution >= 4 is 5.69 Å². The fourth-order valence-electron chi connectivity index (χ4n) is 2.84. The van der Waals surface area contributed by atoms with E-state index in [9.17, 15) is 18.0 Å². The normalized spacial score (nSPS) is 15.0. The third-order valence-corrected chi connectivity index (χ3v) is 3.81. The number of benzene rings is 1. The van der Waals surface area contributed by atoms with Crippen LogP contribution >= 0.6 is 0 Å². The van der Waals surface area contributed by atoms with Crippen molar-refractivity contribution < 1.29 is 13.2 Å². The van der Waals surface area contributed by atoms with E-state index < -0.39 is 11.7 Å². The van der Waals surface area contributed by atoms with Gasteiger partial charge in [0.2, 0.25) is 0 Å². The topological polar surface area (TPSA) is 53.9 Å². The third-order valence-electron chi connectivity index (χ3n) is 3.81. The number of aryl methyl sites for hydroxylation is 1. The summed E-state index contributed by atoms with van der Waals surface area (Å²) in [6.45, 7) is 0.914. The number of halogens is 3. The first-order chi connectivity index (χ1) is 10.4. The van der Waals surface area contributed by atoms with Gasteiger partial charge in [0.05, 0.1) is 12.1 Å². The van der Waals surface area contributed by atoms with Crippen LogP contribution in [0.25, 0.3) is 0 Å². The largest absolute Gasteiger partial charge is 0.416 e. The summed E-state index contributed by atoms with van der Waals surface area (Å²) >= 11 is 0. The molecular formula is C14H15F3N4O. The smallest absolute Gasteiger partial charge is 0.364 e. The van der Waals surface area contributed by atoms with Gasteiger partial charge >= 0.3 is 11.9 Å². The van der Waals surface area contributed by atoms with Gasteiger partial charge < -0.3 is 4.90 Å². The standard InChI is InChI=1S/C14H15F3N4O/c1-20-13(22)18-12(19-20)8-21-7-3-4-9-10(14(15,16)17)5-2-6-11(9)21/h2,5-6H,3-4,7-8H2,1H3,(H,18,19,22). The average molecular weight is 312 g/mol. The van der Waals surface area contributed by atoms with Gasteiger partial charge in [0.15, 0.2) is 5.82 Å². The Balaban J connectivity index is 1.96. The Kier molecular flexibility index (Phi) is 3.46. The van der Waals surface area contributed by atoms with Gasteiger partial charge in [-0.3, -0.25) is 4.98 Å². The van der Waals surface area contributed by atoms with Crippen LogP contribution in [0, 0.1) is 0 Å². The molecule has 0 radical (unpaired) electrons. The van der Waals surface area contributed by atoms with Gasteiger partial charge in [-0.2, -0.15) is 18.3 Å². The molecule has 0 unspecified atom stereocenters. The molecule has 0 saturated heterocycles. The van der Waals surface area contributed by atoms with Crippen molar-refractivity contribution in [2.45, 2.75) is 25.6 Å². The van der Waals surface area contributed by atoms with Gasteiger partial charge in [0.25, 0.3) is 0 Å². The fourth-order valence-corrected chi connectivity index (χ4v) is 2.84. The van der Waals surface area contributed by atoms with Gasteiger partial charge in [-0.05, 0) is 30.5 Å². The van der Waals surface area contributed by atoms with Crippen molar-refractivity contribution in [3.63, 3.8) is 0 Å². The van der Waals surface area contributed by atoms with Gasteiger partial charge in [-0.1, -0.05) is 6.07 Å². The molecule has 8 heteroatoms. The fraction of sp³-hybridized carbons (Fsp3) is 0.429. The van der Waals surface area contributed by atoms with Crippen molar-refractivity contribution in [2.24, 2.45) is 7.05 Å². The molecule has 1 aliphatic heterocycles. The molecule has 2 aromatic rings. The summed E-state index contributed by atoms with van der Waals surface area (Å²) in [5.41, 5.74) is -0.0346. The molecule has 2 heterocycles. The van der Waals surface area contributed by atoms with Crippen LogP contribution in [-0.4, -0.2) is 21.3 Å². The molecule has 1 aromatic heterocycles. The number of aromatic amines is 1. The van der Waals surface area contributed by atoms with E-state index >= 15 is 0 Å². The molecular weight excluding hydrogens is 297 g/mol. The predicted octanol–water partition coefficient (Wildman–Crippen LogP) is 2.08.